The number of aromatic nitrogens is 5. The third kappa shape index (κ3) is 3.75. The fraction of sp³-hybridized carbons (Fsp3) is 0.353. The molecule has 13 heteroatoms. The van der Waals surface area contributed by atoms with E-state index in [2.05, 4.69) is 25.6 Å². The Bertz CT molecular complexity index is 1220. The van der Waals surface area contributed by atoms with E-state index in [0.717, 1.165) is 16.9 Å². The Morgan fingerprint density at radius 1 is 1.23 bits per heavy atom. The van der Waals surface area contributed by atoms with Crippen LogP contribution in [0, 0.1) is 5.82 Å². The third-order valence-corrected chi connectivity index (χ3v) is 6.72. The summed E-state index contributed by atoms with van der Waals surface area (Å²) in [7, 11) is -3.10. The zero-order valence-corrected chi connectivity index (χ0v) is 16.8. The van der Waals surface area contributed by atoms with Crippen LogP contribution in [0.4, 0.5) is 21.6 Å². The second-order valence-corrected chi connectivity index (χ2v) is 9.38. The minimum atomic E-state index is -3.10. The Morgan fingerprint density at radius 2 is 1.93 bits per heavy atom. The van der Waals surface area contributed by atoms with Gasteiger partial charge in [-0.05, 0) is 12.8 Å². The number of sulfone groups is 1. The first kappa shape index (κ1) is 19.9. The maximum absolute atomic E-state index is 13.4. The van der Waals surface area contributed by atoms with Crippen molar-refractivity contribution in [2.75, 3.05) is 35.3 Å². The van der Waals surface area contributed by atoms with E-state index in [9.17, 15) is 17.6 Å². The first-order valence-electron chi connectivity index (χ1n) is 9.09. The van der Waals surface area contributed by atoms with Crippen molar-refractivity contribution in [3.63, 3.8) is 0 Å². The van der Waals surface area contributed by atoms with E-state index < -0.39 is 21.6 Å². The molecule has 0 radical (unpaired) electrons. The average Bonchev–Trinajstić information content (AvgIpc) is 3.02. The van der Waals surface area contributed by atoms with Crippen LogP contribution in [0.5, 0.6) is 0 Å². The van der Waals surface area contributed by atoms with Gasteiger partial charge in [-0.1, -0.05) is 0 Å². The summed E-state index contributed by atoms with van der Waals surface area (Å²) in [5.74, 6) is -1.29. The lowest BCUT2D eigenvalue weighted by atomic mass is 10.1. The van der Waals surface area contributed by atoms with E-state index in [4.69, 9.17) is 5.73 Å². The minimum absolute atomic E-state index is 0.00791. The number of fused-ring (bicyclic) bond motifs is 1. The number of piperidine rings is 1. The van der Waals surface area contributed by atoms with Crippen LogP contribution in [0.3, 0.4) is 0 Å². The number of amides is 1. The second kappa shape index (κ2) is 7.48. The molecule has 1 fully saturated rings. The fourth-order valence-corrected chi connectivity index (χ4v) is 4.59. The molecule has 1 amide bonds. The first-order chi connectivity index (χ1) is 14.2. The summed E-state index contributed by atoms with van der Waals surface area (Å²) in [6, 6.07) is 0. The molecule has 0 bridgehead atoms. The highest BCUT2D eigenvalue weighted by Gasteiger charge is 2.28. The molecule has 1 aliphatic rings. The van der Waals surface area contributed by atoms with Gasteiger partial charge in [-0.25, -0.2) is 22.3 Å². The minimum Gasteiger partial charge on any atom is -0.381 e. The molecule has 4 heterocycles. The zero-order valence-electron chi connectivity index (χ0n) is 16.0. The normalized spacial score (nSPS) is 15.5. The van der Waals surface area contributed by atoms with E-state index in [1.807, 2.05) is 4.90 Å². The number of nitrogens with one attached hydrogen (secondary N) is 1. The van der Waals surface area contributed by atoms with E-state index in [1.54, 1.807) is 0 Å². The summed E-state index contributed by atoms with van der Waals surface area (Å²) in [5, 5.41) is 14.0. The SMILES string of the molecule is CS(=O)(=O)C1CCN(c2cnncc2NC(=O)c2c(N)nn3cc(F)cnc23)CC1. The Labute approximate surface area is 171 Å². The summed E-state index contributed by atoms with van der Waals surface area (Å²) in [4.78, 5) is 18.7. The van der Waals surface area contributed by atoms with Crippen LogP contribution in [-0.4, -0.2) is 63.7 Å². The van der Waals surface area contributed by atoms with Crippen molar-refractivity contribution in [2.24, 2.45) is 0 Å². The number of halogens is 1. The molecule has 0 saturated carbocycles. The number of carbonyl (C=O) groups is 1. The van der Waals surface area contributed by atoms with Crippen molar-refractivity contribution >= 4 is 38.6 Å². The molecule has 0 aliphatic carbocycles. The van der Waals surface area contributed by atoms with Gasteiger partial charge in [0.1, 0.15) is 15.4 Å². The summed E-state index contributed by atoms with van der Waals surface area (Å²) in [6.07, 6.45) is 7.14. The number of nitrogens with zero attached hydrogens (tertiary/aromatic N) is 6. The highest BCUT2D eigenvalue weighted by molar-refractivity contribution is 7.91. The predicted octanol–water partition coefficient (Wildman–Crippen LogP) is 0.506. The quantitative estimate of drug-likeness (QED) is 0.599. The van der Waals surface area contributed by atoms with Gasteiger partial charge >= 0.3 is 0 Å². The van der Waals surface area contributed by atoms with Crippen LogP contribution >= 0.6 is 0 Å². The molecule has 3 aromatic heterocycles. The molecule has 1 saturated heterocycles. The van der Waals surface area contributed by atoms with Crippen molar-refractivity contribution < 1.29 is 17.6 Å². The van der Waals surface area contributed by atoms with Crippen LogP contribution in [0.25, 0.3) is 5.65 Å². The van der Waals surface area contributed by atoms with Crippen LogP contribution < -0.4 is 16.0 Å². The lowest BCUT2D eigenvalue weighted by Crippen LogP contribution is -2.39. The van der Waals surface area contributed by atoms with Crippen molar-refractivity contribution in [3.8, 4) is 0 Å². The molecule has 3 N–H and O–H groups in total. The highest BCUT2D eigenvalue weighted by atomic mass is 32.2. The Hall–Kier alpha value is -3.35. The largest absolute Gasteiger partial charge is 0.381 e. The van der Waals surface area contributed by atoms with Gasteiger partial charge in [0.05, 0.1) is 41.4 Å². The van der Waals surface area contributed by atoms with Gasteiger partial charge in [0.2, 0.25) is 0 Å². The molecule has 158 valence electrons. The van der Waals surface area contributed by atoms with Crippen LogP contribution in [-0.2, 0) is 9.84 Å². The molecule has 0 spiro atoms. The monoisotopic (exact) mass is 434 g/mol. The van der Waals surface area contributed by atoms with Gasteiger partial charge in [-0.15, -0.1) is 5.10 Å². The van der Waals surface area contributed by atoms with Crippen molar-refractivity contribution in [1.82, 2.24) is 24.8 Å². The van der Waals surface area contributed by atoms with Gasteiger partial charge in [0.15, 0.2) is 17.3 Å². The van der Waals surface area contributed by atoms with Crippen molar-refractivity contribution in [1.29, 1.82) is 0 Å². The Morgan fingerprint density at radius 3 is 2.63 bits per heavy atom. The zero-order chi connectivity index (χ0) is 21.5. The lowest BCUT2D eigenvalue weighted by molar-refractivity contribution is 0.102. The smallest absolute Gasteiger partial charge is 0.263 e. The topological polar surface area (TPSA) is 148 Å². The summed E-state index contributed by atoms with van der Waals surface area (Å²) in [5.41, 5.74) is 6.96. The molecule has 0 atom stereocenters. The fourth-order valence-electron chi connectivity index (χ4n) is 3.52. The first-order valence-corrected chi connectivity index (χ1v) is 11.0. The van der Waals surface area contributed by atoms with Gasteiger partial charge < -0.3 is 16.0 Å². The van der Waals surface area contributed by atoms with E-state index in [1.165, 1.54) is 18.6 Å². The summed E-state index contributed by atoms with van der Waals surface area (Å²) < 4.78 is 38.0. The number of nitrogen functional groups attached to an aromatic ring is 1. The van der Waals surface area contributed by atoms with Crippen molar-refractivity contribution in [2.45, 2.75) is 18.1 Å². The highest BCUT2D eigenvalue weighted by Crippen LogP contribution is 2.29. The van der Waals surface area contributed by atoms with Crippen LogP contribution in [0.1, 0.15) is 23.2 Å². The van der Waals surface area contributed by atoms with E-state index in [0.29, 0.717) is 37.3 Å². The molecular weight excluding hydrogens is 415 g/mol. The van der Waals surface area contributed by atoms with Crippen LogP contribution in [0.15, 0.2) is 24.8 Å². The van der Waals surface area contributed by atoms with Crippen molar-refractivity contribution in [3.05, 3.63) is 36.2 Å². The van der Waals surface area contributed by atoms with Crippen LogP contribution in [0.2, 0.25) is 0 Å². The number of carbonyl (C=O) groups excluding carboxylic acids is 1. The molecule has 0 unspecified atom stereocenters. The molecule has 11 nitrogen and oxygen atoms in total. The molecular formula is C17H19FN8O3S. The standard InChI is InChI=1S/C17H19FN8O3S/c1-30(28,29)11-2-4-25(5-3-11)13-8-22-21-7-12(13)23-17(27)14-15(19)24-26-9-10(18)6-20-16(14)26/h6-9,11H,2-5H2,1H3,(H2,19,24)(H,22,23,27). The number of hydrogen-bond donors (Lipinski definition) is 2. The average molecular weight is 434 g/mol. The number of anilines is 3. The maximum atomic E-state index is 13.4. The van der Waals surface area contributed by atoms with E-state index >= 15 is 0 Å². The number of rotatable bonds is 4. The summed E-state index contributed by atoms with van der Waals surface area (Å²) in [6.45, 7) is 0.984. The number of hydrogen-bond acceptors (Lipinski definition) is 9. The van der Waals surface area contributed by atoms with E-state index in [-0.39, 0.29) is 22.3 Å². The molecule has 1 aliphatic heterocycles. The van der Waals surface area contributed by atoms with Gasteiger partial charge in [0.25, 0.3) is 5.91 Å². The third-order valence-electron chi connectivity index (χ3n) is 5.04. The Balaban J connectivity index is 1.58. The molecule has 0 aromatic carbocycles. The Kier molecular flexibility index (Phi) is 4.97. The predicted molar refractivity (Wildman–Crippen MR) is 107 cm³/mol. The van der Waals surface area contributed by atoms with Gasteiger partial charge in [0, 0.05) is 19.3 Å². The van der Waals surface area contributed by atoms with Gasteiger partial charge in [-0.3, -0.25) is 4.79 Å². The molecule has 3 aromatic rings. The van der Waals surface area contributed by atoms with Gasteiger partial charge in [-0.2, -0.15) is 10.2 Å². The maximum Gasteiger partial charge on any atom is 0.263 e. The second-order valence-electron chi connectivity index (χ2n) is 7.06. The molecule has 30 heavy (non-hydrogen) atoms. The number of nitrogens with two attached hydrogens (primary N) is 1. The molecule has 4 rings (SSSR count). The lowest BCUT2D eigenvalue weighted by Gasteiger charge is -2.33. The summed E-state index contributed by atoms with van der Waals surface area (Å²) >= 11 is 0.